The second-order valence-corrected chi connectivity index (χ2v) is 9.47. The Morgan fingerprint density at radius 2 is 1.53 bits per heavy atom. The smallest absolute Gasteiger partial charge is 0.251 e. The zero-order valence-electron chi connectivity index (χ0n) is 18.2. The first-order valence-electron chi connectivity index (χ1n) is 10.4. The van der Waals surface area contributed by atoms with Crippen LogP contribution in [0.25, 0.3) is 0 Å². The molecule has 1 amide bonds. The number of hydrogen-bond donors (Lipinski definition) is 2. The highest BCUT2D eigenvalue weighted by Crippen LogP contribution is 2.13. The summed E-state index contributed by atoms with van der Waals surface area (Å²) in [6.45, 7) is 4.98. The molecule has 0 unspecified atom stereocenters. The molecule has 3 aromatic carbocycles. The molecule has 0 heterocycles. The van der Waals surface area contributed by atoms with E-state index in [1.165, 1.54) is 12.1 Å². The number of nitrogens with one attached hydrogen (secondary N) is 2. The van der Waals surface area contributed by atoms with E-state index in [1.807, 2.05) is 68.4 Å². The molecule has 3 aromatic rings. The fraction of sp³-hybridized carbons (Fsp3) is 0.240. The van der Waals surface area contributed by atoms with Gasteiger partial charge in [-0.05, 0) is 48.7 Å². The zero-order chi connectivity index (χ0) is 23.0. The first-order valence-corrected chi connectivity index (χ1v) is 11.9. The number of hydrogen-bond acceptors (Lipinski definition) is 4. The molecule has 0 aliphatic rings. The summed E-state index contributed by atoms with van der Waals surface area (Å²) in [7, 11) is -3.74. The van der Waals surface area contributed by atoms with Gasteiger partial charge in [-0.25, -0.2) is 13.1 Å². The molecule has 0 radical (unpaired) electrons. The van der Waals surface area contributed by atoms with E-state index in [2.05, 4.69) is 10.0 Å². The summed E-state index contributed by atoms with van der Waals surface area (Å²) in [6, 6.07) is 23.1. The second kappa shape index (κ2) is 11.0. The van der Waals surface area contributed by atoms with Crippen molar-refractivity contribution in [2.45, 2.75) is 44.5 Å². The molecule has 3 rings (SSSR count). The van der Waals surface area contributed by atoms with Crippen LogP contribution in [0, 0.1) is 0 Å². The van der Waals surface area contributed by atoms with E-state index in [1.54, 1.807) is 12.1 Å². The van der Waals surface area contributed by atoms with E-state index in [9.17, 15) is 13.2 Å². The fourth-order valence-electron chi connectivity index (χ4n) is 3.04. The second-order valence-electron chi connectivity index (χ2n) is 7.70. The summed E-state index contributed by atoms with van der Waals surface area (Å²) in [5.41, 5.74) is 3.11. The van der Waals surface area contributed by atoms with Crippen LogP contribution in [0.15, 0.2) is 83.8 Å². The molecule has 6 nitrogen and oxygen atoms in total. The van der Waals surface area contributed by atoms with Crippen LogP contribution in [0.3, 0.4) is 0 Å². The summed E-state index contributed by atoms with van der Waals surface area (Å²) in [5.74, 6) is -0.339. The number of ether oxygens (including phenoxy) is 1. The van der Waals surface area contributed by atoms with E-state index >= 15 is 0 Å². The molecule has 0 atom stereocenters. The van der Waals surface area contributed by atoms with E-state index in [-0.39, 0.29) is 29.0 Å². The van der Waals surface area contributed by atoms with Crippen molar-refractivity contribution in [2.24, 2.45) is 0 Å². The number of carbonyl (C=O) groups excluding carboxylic acids is 1. The maximum absolute atomic E-state index is 12.7. The zero-order valence-corrected chi connectivity index (χ0v) is 19.1. The molecule has 0 bridgehead atoms. The molecule has 0 fully saturated rings. The number of benzene rings is 3. The summed E-state index contributed by atoms with van der Waals surface area (Å²) in [5, 5.41) is 2.85. The normalized spacial score (nSPS) is 11.5. The van der Waals surface area contributed by atoms with Gasteiger partial charge in [-0.1, -0.05) is 60.7 Å². The Kier molecular flexibility index (Phi) is 8.16. The lowest BCUT2D eigenvalue weighted by atomic mass is 10.1. The first kappa shape index (κ1) is 23.7. The van der Waals surface area contributed by atoms with Gasteiger partial charge in [0.1, 0.15) is 0 Å². The molecular formula is C25H28N2O4S. The number of rotatable bonds is 10. The Morgan fingerprint density at radius 1 is 0.844 bits per heavy atom. The Balaban J connectivity index is 1.62. The summed E-state index contributed by atoms with van der Waals surface area (Å²) in [6.07, 6.45) is 0.143. The molecule has 0 aliphatic heterocycles. The predicted octanol–water partition coefficient (Wildman–Crippen LogP) is 4.02. The van der Waals surface area contributed by atoms with Crippen molar-refractivity contribution < 1.29 is 17.9 Å². The van der Waals surface area contributed by atoms with Crippen LogP contribution in [0.5, 0.6) is 0 Å². The third kappa shape index (κ3) is 7.02. The lowest BCUT2D eigenvalue weighted by Gasteiger charge is -2.11. The average Bonchev–Trinajstić information content (AvgIpc) is 2.81. The maximum atomic E-state index is 12.7. The Morgan fingerprint density at radius 3 is 2.28 bits per heavy atom. The van der Waals surface area contributed by atoms with Gasteiger partial charge in [-0.15, -0.1) is 0 Å². The molecule has 32 heavy (non-hydrogen) atoms. The molecule has 0 aliphatic carbocycles. The summed E-state index contributed by atoms with van der Waals surface area (Å²) in [4.78, 5) is 12.7. The quantitative estimate of drug-likeness (QED) is 0.487. The highest BCUT2D eigenvalue weighted by atomic mass is 32.2. The number of amides is 1. The summed E-state index contributed by atoms with van der Waals surface area (Å²) < 4.78 is 33.5. The Hall–Kier alpha value is -3.00. The van der Waals surface area contributed by atoms with Gasteiger partial charge in [0.25, 0.3) is 5.91 Å². The largest absolute Gasteiger partial charge is 0.374 e. The van der Waals surface area contributed by atoms with Crippen LogP contribution in [-0.4, -0.2) is 20.4 Å². The van der Waals surface area contributed by atoms with Gasteiger partial charge in [0.2, 0.25) is 10.0 Å². The minimum atomic E-state index is -3.74. The Bertz CT molecular complexity index is 1150. The topological polar surface area (TPSA) is 84.5 Å². The Labute approximate surface area is 189 Å². The van der Waals surface area contributed by atoms with Gasteiger partial charge < -0.3 is 10.1 Å². The molecule has 0 saturated carbocycles. The number of sulfonamides is 1. The number of carbonyl (C=O) groups is 1. The van der Waals surface area contributed by atoms with Gasteiger partial charge in [0, 0.05) is 18.7 Å². The van der Waals surface area contributed by atoms with Crippen LogP contribution in [0.2, 0.25) is 0 Å². The van der Waals surface area contributed by atoms with Crippen molar-refractivity contribution in [1.82, 2.24) is 10.0 Å². The van der Waals surface area contributed by atoms with Crippen LogP contribution < -0.4 is 10.0 Å². The molecule has 2 N–H and O–H groups in total. The highest BCUT2D eigenvalue weighted by Gasteiger charge is 2.16. The lowest BCUT2D eigenvalue weighted by Crippen LogP contribution is -2.25. The van der Waals surface area contributed by atoms with Crippen LogP contribution >= 0.6 is 0 Å². The third-order valence-electron chi connectivity index (χ3n) is 4.74. The van der Waals surface area contributed by atoms with Crippen LogP contribution in [0.1, 0.15) is 40.9 Å². The van der Waals surface area contributed by atoms with Gasteiger partial charge in [-0.2, -0.15) is 0 Å². The summed E-state index contributed by atoms with van der Waals surface area (Å²) >= 11 is 0. The van der Waals surface area contributed by atoms with Crippen LogP contribution in [0.4, 0.5) is 0 Å². The van der Waals surface area contributed by atoms with Crippen molar-refractivity contribution in [3.63, 3.8) is 0 Å². The molecule has 7 heteroatoms. The van der Waals surface area contributed by atoms with E-state index in [0.717, 1.165) is 16.7 Å². The molecule has 168 valence electrons. The standard InChI is InChI=1S/C25H28N2O4S/c1-19(2)31-18-22-11-6-10-21(14-22)16-26-25(28)23-12-7-13-24(15-23)32(29,30)27-17-20-8-4-3-5-9-20/h3-15,19,27H,16-18H2,1-2H3,(H,26,28). The van der Waals surface area contributed by atoms with Crippen LogP contribution in [-0.2, 0) is 34.5 Å². The lowest BCUT2D eigenvalue weighted by molar-refractivity contribution is 0.0657. The highest BCUT2D eigenvalue weighted by molar-refractivity contribution is 7.89. The molecule has 0 spiro atoms. The van der Waals surface area contributed by atoms with Crippen molar-refractivity contribution in [3.8, 4) is 0 Å². The van der Waals surface area contributed by atoms with E-state index in [4.69, 9.17) is 4.74 Å². The monoisotopic (exact) mass is 452 g/mol. The van der Waals surface area contributed by atoms with E-state index in [0.29, 0.717) is 13.2 Å². The van der Waals surface area contributed by atoms with Crippen molar-refractivity contribution >= 4 is 15.9 Å². The van der Waals surface area contributed by atoms with Gasteiger partial charge in [-0.3, -0.25) is 4.79 Å². The van der Waals surface area contributed by atoms with Gasteiger partial charge >= 0.3 is 0 Å². The van der Waals surface area contributed by atoms with Crippen molar-refractivity contribution in [1.29, 1.82) is 0 Å². The first-order chi connectivity index (χ1) is 15.3. The predicted molar refractivity (Wildman–Crippen MR) is 124 cm³/mol. The average molecular weight is 453 g/mol. The minimum absolute atomic E-state index is 0.0499. The molecular weight excluding hydrogens is 424 g/mol. The maximum Gasteiger partial charge on any atom is 0.251 e. The fourth-order valence-corrected chi connectivity index (χ4v) is 4.10. The minimum Gasteiger partial charge on any atom is -0.374 e. The van der Waals surface area contributed by atoms with Gasteiger partial charge in [0.05, 0.1) is 17.6 Å². The van der Waals surface area contributed by atoms with Crippen molar-refractivity contribution in [3.05, 3.63) is 101 Å². The molecule has 0 aromatic heterocycles. The SMILES string of the molecule is CC(C)OCc1cccc(CNC(=O)c2cccc(S(=O)(=O)NCc3ccccc3)c2)c1. The van der Waals surface area contributed by atoms with Crippen molar-refractivity contribution in [2.75, 3.05) is 0 Å². The molecule has 0 saturated heterocycles. The van der Waals surface area contributed by atoms with E-state index < -0.39 is 10.0 Å². The third-order valence-corrected chi connectivity index (χ3v) is 6.14. The van der Waals surface area contributed by atoms with Gasteiger partial charge in [0.15, 0.2) is 0 Å².